The van der Waals surface area contributed by atoms with Crippen molar-refractivity contribution < 1.29 is 0 Å². The van der Waals surface area contributed by atoms with Gasteiger partial charge >= 0.3 is 0 Å². The second-order valence-electron chi connectivity index (χ2n) is 7.50. The zero-order valence-corrected chi connectivity index (χ0v) is 14.3. The van der Waals surface area contributed by atoms with Crippen LogP contribution in [0.25, 0.3) is 0 Å². The van der Waals surface area contributed by atoms with Gasteiger partial charge in [-0.15, -0.1) is 0 Å². The smallest absolute Gasteiger partial charge is 0.0396 e. The van der Waals surface area contributed by atoms with Crippen LogP contribution in [0.5, 0.6) is 0 Å². The number of benzene rings is 1. The fourth-order valence-corrected chi connectivity index (χ4v) is 3.31. The Morgan fingerprint density at radius 2 is 2.00 bits per heavy atom. The van der Waals surface area contributed by atoms with E-state index >= 15 is 0 Å². The molecule has 118 valence electrons. The summed E-state index contributed by atoms with van der Waals surface area (Å²) >= 11 is 0. The van der Waals surface area contributed by atoms with E-state index in [9.17, 15) is 0 Å². The molecule has 1 atom stereocenters. The second kappa shape index (κ2) is 6.83. The molecule has 0 aromatic heterocycles. The van der Waals surface area contributed by atoms with E-state index < -0.39 is 0 Å². The Morgan fingerprint density at radius 1 is 1.24 bits per heavy atom. The van der Waals surface area contributed by atoms with Gasteiger partial charge in [0.15, 0.2) is 0 Å². The van der Waals surface area contributed by atoms with Gasteiger partial charge in [-0.3, -0.25) is 0 Å². The molecule has 2 heteroatoms. The summed E-state index contributed by atoms with van der Waals surface area (Å²) in [7, 11) is 0. The molecule has 21 heavy (non-hydrogen) atoms. The fraction of sp³-hybridized carbons (Fsp3) is 0.684. The van der Waals surface area contributed by atoms with Crippen LogP contribution in [-0.4, -0.2) is 19.1 Å². The molecule has 2 N–H and O–H groups in total. The van der Waals surface area contributed by atoms with Gasteiger partial charge in [0, 0.05) is 24.8 Å². The normalized spacial score (nSPS) is 20.1. The van der Waals surface area contributed by atoms with Gasteiger partial charge < -0.3 is 10.6 Å². The van der Waals surface area contributed by atoms with Gasteiger partial charge in [-0.2, -0.15) is 0 Å². The topological polar surface area (TPSA) is 29.3 Å². The number of anilines is 1. The van der Waals surface area contributed by atoms with Crippen molar-refractivity contribution in [1.29, 1.82) is 0 Å². The number of hydrogen-bond acceptors (Lipinski definition) is 2. The summed E-state index contributed by atoms with van der Waals surface area (Å²) in [4.78, 5) is 2.58. The summed E-state index contributed by atoms with van der Waals surface area (Å²) in [6, 6.07) is 7.20. The Kier molecular flexibility index (Phi) is 5.32. The van der Waals surface area contributed by atoms with E-state index in [0.29, 0.717) is 5.41 Å². The third-order valence-electron chi connectivity index (χ3n) is 4.96. The number of aryl methyl sites for hydroxylation is 1. The Balaban J connectivity index is 2.10. The molecule has 0 spiro atoms. The van der Waals surface area contributed by atoms with Crippen LogP contribution in [0.15, 0.2) is 18.2 Å². The molecule has 0 saturated carbocycles. The summed E-state index contributed by atoms with van der Waals surface area (Å²) in [5, 5.41) is 0. The van der Waals surface area contributed by atoms with Crippen molar-refractivity contribution in [3.05, 3.63) is 29.3 Å². The Hall–Kier alpha value is -1.02. The van der Waals surface area contributed by atoms with Gasteiger partial charge in [0.25, 0.3) is 0 Å². The molecule has 0 amide bonds. The van der Waals surface area contributed by atoms with Crippen molar-refractivity contribution in [2.75, 3.05) is 18.0 Å². The predicted molar refractivity (Wildman–Crippen MR) is 93.0 cm³/mol. The van der Waals surface area contributed by atoms with E-state index in [0.717, 1.165) is 12.8 Å². The SMILES string of the molecule is CCC(N)Cc1ccc(N2CCCC(C)(C)CC2)c(C)c1. The maximum Gasteiger partial charge on any atom is 0.0396 e. The van der Waals surface area contributed by atoms with E-state index in [4.69, 9.17) is 5.73 Å². The minimum atomic E-state index is 0.286. The summed E-state index contributed by atoms with van der Waals surface area (Å²) in [5.74, 6) is 0. The number of nitrogens with zero attached hydrogens (tertiary/aromatic N) is 1. The van der Waals surface area contributed by atoms with Gasteiger partial charge in [0.1, 0.15) is 0 Å². The zero-order chi connectivity index (χ0) is 15.5. The molecule has 0 radical (unpaired) electrons. The molecule has 2 rings (SSSR count). The highest BCUT2D eigenvalue weighted by atomic mass is 15.1. The monoisotopic (exact) mass is 288 g/mol. The molecule has 0 aliphatic carbocycles. The quantitative estimate of drug-likeness (QED) is 0.895. The molecule has 0 bridgehead atoms. The highest BCUT2D eigenvalue weighted by Gasteiger charge is 2.23. The van der Waals surface area contributed by atoms with E-state index in [-0.39, 0.29) is 6.04 Å². The predicted octanol–water partition coefficient (Wildman–Crippen LogP) is 4.29. The van der Waals surface area contributed by atoms with Crippen LogP contribution in [0.3, 0.4) is 0 Å². The highest BCUT2D eigenvalue weighted by molar-refractivity contribution is 5.54. The molecule has 1 aromatic carbocycles. The molecule has 1 heterocycles. The van der Waals surface area contributed by atoms with Crippen LogP contribution in [0, 0.1) is 12.3 Å². The first-order valence-corrected chi connectivity index (χ1v) is 8.51. The lowest BCUT2D eigenvalue weighted by atomic mass is 9.85. The standard InChI is InChI=1S/C19H32N2/c1-5-17(20)14-16-7-8-18(15(2)13-16)21-11-6-9-19(3,4)10-12-21/h7-8,13,17H,5-6,9-12,14,20H2,1-4H3. The van der Waals surface area contributed by atoms with Crippen LogP contribution in [0.2, 0.25) is 0 Å². The van der Waals surface area contributed by atoms with Crippen molar-refractivity contribution in [2.45, 2.75) is 65.8 Å². The van der Waals surface area contributed by atoms with Gasteiger partial charge in [-0.1, -0.05) is 32.9 Å². The molecule has 1 fully saturated rings. The summed E-state index contributed by atoms with van der Waals surface area (Å²) in [5.41, 5.74) is 10.8. The second-order valence-corrected chi connectivity index (χ2v) is 7.50. The van der Waals surface area contributed by atoms with E-state index in [2.05, 4.69) is 50.8 Å². The summed E-state index contributed by atoms with van der Waals surface area (Å²) in [6.45, 7) is 11.6. The van der Waals surface area contributed by atoms with Crippen molar-refractivity contribution >= 4 is 5.69 Å². The van der Waals surface area contributed by atoms with Gasteiger partial charge in [0.2, 0.25) is 0 Å². The minimum absolute atomic E-state index is 0.286. The molecular formula is C19H32N2. The van der Waals surface area contributed by atoms with Crippen molar-refractivity contribution in [3.63, 3.8) is 0 Å². The van der Waals surface area contributed by atoms with Gasteiger partial charge in [-0.25, -0.2) is 0 Å². The zero-order valence-electron chi connectivity index (χ0n) is 14.3. The largest absolute Gasteiger partial charge is 0.371 e. The molecule has 1 aromatic rings. The van der Waals surface area contributed by atoms with Gasteiger partial charge in [-0.05, 0) is 61.6 Å². The fourth-order valence-electron chi connectivity index (χ4n) is 3.31. The van der Waals surface area contributed by atoms with Crippen molar-refractivity contribution in [3.8, 4) is 0 Å². The van der Waals surface area contributed by atoms with E-state index in [1.54, 1.807) is 0 Å². The first kappa shape index (κ1) is 16.4. The van der Waals surface area contributed by atoms with Crippen molar-refractivity contribution in [1.82, 2.24) is 0 Å². The summed E-state index contributed by atoms with van der Waals surface area (Å²) in [6.07, 6.45) is 5.96. The van der Waals surface area contributed by atoms with E-state index in [1.165, 1.54) is 49.2 Å². The van der Waals surface area contributed by atoms with Crippen LogP contribution >= 0.6 is 0 Å². The third-order valence-corrected chi connectivity index (χ3v) is 4.96. The minimum Gasteiger partial charge on any atom is -0.371 e. The van der Waals surface area contributed by atoms with Gasteiger partial charge in [0.05, 0.1) is 0 Å². The molecule has 1 aliphatic rings. The lowest BCUT2D eigenvalue weighted by Crippen LogP contribution is -2.26. The Labute approximate surface area is 130 Å². The molecule has 2 nitrogen and oxygen atoms in total. The van der Waals surface area contributed by atoms with Crippen LogP contribution in [0.1, 0.15) is 57.6 Å². The summed E-state index contributed by atoms with van der Waals surface area (Å²) < 4.78 is 0. The number of nitrogens with two attached hydrogens (primary N) is 1. The maximum absolute atomic E-state index is 6.08. The molecule has 1 aliphatic heterocycles. The van der Waals surface area contributed by atoms with Crippen LogP contribution < -0.4 is 10.6 Å². The Morgan fingerprint density at radius 3 is 2.67 bits per heavy atom. The average Bonchev–Trinajstić information content (AvgIpc) is 2.60. The first-order valence-electron chi connectivity index (χ1n) is 8.51. The first-order chi connectivity index (χ1) is 9.91. The van der Waals surface area contributed by atoms with Crippen molar-refractivity contribution in [2.24, 2.45) is 11.1 Å². The maximum atomic E-state index is 6.08. The number of hydrogen-bond donors (Lipinski definition) is 1. The Bertz CT molecular complexity index is 465. The molecule has 1 unspecified atom stereocenters. The van der Waals surface area contributed by atoms with E-state index in [1.807, 2.05) is 0 Å². The molecular weight excluding hydrogens is 256 g/mol. The number of rotatable bonds is 4. The van der Waals surface area contributed by atoms with Crippen LogP contribution in [0.4, 0.5) is 5.69 Å². The third kappa shape index (κ3) is 4.47. The highest BCUT2D eigenvalue weighted by Crippen LogP contribution is 2.32. The molecule has 1 saturated heterocycles. The van der Waals surface area contributed by atoms with Crippen LogP contribution in [-0.2, 0) is 6.42 Å². The lowest BCUT2D eigenvalue weighted by Gasteiger charge is -2.26. The lowest BCUT2D eigenvalue weighted by molar-refractivity contribution is 0.325. The average molecular weight is 288 g/mol.